The molecule has 7 nitrogen and oxygen atoms in total. The molecule has 1 amide bonds. The van der Waals surface area contributed by atoms with Gasteiger partial charge in [-0.3, -0.25) is 0 Å². The van der Waals surface area contributed by atoms with Crippen LogP contribution in [0.3, 0.4) is 0 Å². The summed E-state index contributed by atoms with van der Waals surface area (Å²) in [7, 11) is 0. The second kappa shape index (κ2) is 5.15. The Morgan fingerprint density at radius 1 is 1.45 bits per heavy atom. The third-order valence-electron chi connectivity index (χ3n) is 3.66. The molecule has 2 N–H and O–H groups in total. The monoisotopic (exact) mass is 303 g/mol. The van der Waals surface area contributed by atoms with Crippen LogP contribution < -0.4 is 5.73 Å². The summed E-state index contributed by atoms with van der Waals surface area (Å²) in [4.78, 5) is 18.4. The SMILES string of the molecule is CC(C)(C)OC(=O)N1CCC(c2cc(N)n3nccc3n2)C1. The number of aromatic nitrogens is 3. The molecule has 0 aliphatic carbocycles. The largest absolute Gasteiger partial charge is 0.444 e. The Morgan fingerprint density at radius 3 is 2.95 bits per heavy atom. The van der Waals surface area contributed by atoms with Crippen LogP contribution >= 0.6 is 0 Å². The molecule has 2 aromatic rings. The Labute approximate surface area is 129 Å². The van der Waals surface area contributed by atoms with Gasteiger partial charge in [-0.1, -0.05) is 0 Å². The molecule has 2 aromatic heterocycles. The summed E-state index contributed by atoms with van der Waals surface area (Å²) < 4.78 is 7.02. The second-order valence-electron chi connectivity index (χ2n) is 6.62. The number of rotatable bonds is 1. The molecule has 1 aliphatic heterocycles. The van der Waals surface area contributed by atoms with Gasteiger partial charge in [-0.15, -0.1) is 0 Å². The van der Waals surface area contributed by atoms with Gasteiger partial charge in [-0.05, 0) is 27.2 Å². The van der Waals surface area contributed by atoms with Crippen molar-refractivity contribution >= 4 is 17.6 Å². The molecular weight excluding hydrogens is 282 g/mol. The molecule has 1 atom stereocenters. The Bertz CT molecular complexity index is 704. The molecule has 1 saturated heterocycles. The highest BCUT2D eigenvalue weighted by atomic mass is 16.6. The van der Waals surface area contributed by atoms with Crippen molar-refractivity contribution in [1.82, 2.24) is 19.5 Å². The fraction of sp³-hybridized carbons (Fsp3) is 0.533. The van der Waals surface area contributed by atoms with Crippen LogP contribution in [0.5, 0.6) is 0 Å². The van der Waals surface area contributed by atoms with Crippen molar-refractivity contribution < 1.29 is 9.53 Å². The molecule has 0 saturated carbocycles. The highest BCUT2D eigenvalue weighted by molar-refractivity contribution is 5.68. The van der Waals surface area contributed by atoms with Gasteiger partial charge in [0.05, 0.1) is 11.9 Å². The van der Waals surface area contributed by atoms with Crippen molar-refractivity contribution in [1.29, 1.82) is 0 Å². The first-order valence-electron chi connectivity index (χ1n) is 7.41. The highest BCUT2D eigenvalue weighted by Crippen LogP contribution is 2.28. The maximum atomic E-state index is 12.1. The minimum atomic E-state index is -0.478. The summed E-state index contributed by atoms with van der Waals surface area (Å²) in [6.07, 6.45) is 2.26. The summed E-state index contributed by atoms with van der Waals surface area (Å²) in [6.45, 7) is 6.88. The third kappa shape index (κ3) is 2.84. The van der Waals surface area contributed by atoms with Crippen LogP contribution in [-0.4, -0.2) is 44.3 Å². The minimum absolute atomic E-state index is 0.176. The van der Waals surface area contributed by atoms with Crippen molar-refractivity contribution in [3.05, 3.63) is 24.0 Å². The van der Waals surface area contributed by atoms with E-state index in [0.717, 1.165) is 17.8 Å². The first kappa shape index (κ1) is 14.6. The number of hydrogen-bond acceptors (Lipinski definition) is 5. The summed E-state index contributed by atoms with van der Waals surface area (Å²) >= 11 is 0. The lowest BCUT2D eigenvalue weighted by Crippen LogP contribution is -2.35. The van der Waals surface area contributed by atoms with E-state index in [2.05, 4.69) is 10.1 Å². The Balaban J connectivity index is 1.75. The van der Waals surface area contributed by atoms with Crippen LogP contribution in [0.2, 0.25) is 0 Å². The lowest BCUT2D eigenvalue weighted by molar-refractivity contribution is 0.0292. The molecule has 118 valence electrons. The van der Waals surface area contributed by atoms with Gasteiger partial charge in [0.2, 0.25) is 0 Å². The van der Waals surface area contributed by atoms with E-state index in [1.807, 2.05) is 32.9 Å². The molecule has 1 unspecified atom stereocenters. The van der Waals surface area contributed by atoms with E-state index in [0.29, 0.717) is 18.9 Å². The summed E-state index contributed by atoms with van der Waals surface area (Å²) in [5.74, 6) is 0.732. The Kier molecular flexibility index (Phi) is 3.42. The van der Waals surface area contributed by atoms with Gasteiger partial charge in [0, 0.05) is 31.1 Å². The first-order chi connectivity index (χ1) is 10.3. The van der Waals surface area contributed by atoms with E-state index >= 15 is 0 Å². The molecule has 0 radical (unpaired) electrons. The molecule has 3 heterocycles. The molecule has 0 bridgehead atoms. The van der Waals surface area contributed by atoms with Gasteiger partial charge in [0.1, 0.15) is 11.4 Å². The van der Waals surface area contributed by atoms with Crippen molar-refractivity contribution in [3.8, 4) is 0 Å². The van der Waals surface area contributed by atoms with E-state index in [1.165, 1.54) is 0 Å². The molecule has 1 aliphatic rings. The van der Waals surface area contributed by atoms with Crippen LogP contribution in [0.1, 0.15) is 38.8 Å². The Morgan fingerprint density at radius 2 is 2.23 bits per heavy atom. The highest BCUT2D eigenvalue weighted by Gasteiger charge is 2.31. The van der Waals surface area contributed by atoms with Crippen LogP contribution in [0.25, 0.3) is 5.65 Å². The van der Waals surface area contributed by atoms with E-state index < -0.39 is 5.60 Å². The average Bonchev–Trinajstić information content (AvgIpc) is 3.05. The standard InChI is InChI=1S/C15H21N5O2/c1-15(2,3)22-14(21)19-7-5-10(9-19)11-8-12(16)20-13(18-11)4-6-17-20/h4,6,8,10H,5,7,9,16H2,1-3H3. The number of nitrogens with zero attached hydrogens (tertiary/aromatic N) is 4. The number of nitrogen functional groups attached to an aromatic ring is 1. The number of hydrogen-bond donors (Lipinski definition) is 1. The smallest absolute Gasteiger partial charge is 0.410 e. The molecule has 0 spiro atoms. The maximum Gasteiger partial charge on any atom is 0.410 e. The zero-order chi connectivity index (χ0) is 15.9. The fourth-order valence-electron chi connectivity index (χ4n) is 2.66. The summed E-state index contributed by atoms with van der Waals surface area (Å²) in [6, 6.07) is 3.66. The zero-order valence-corrected chi connectivity index (χ0v) is 13.1. The number of nitrogens with two attached hydrogens (primary N) is 1. The van der Waals surface area contributed by atoms with Crippen molar-refractivity contribution in [2.45, 2.75) is 38.7 Å². The number of likely N-dealkylation sites (tertiary alicyclic amines) is 1. The number of anilines is 1. The Hall–Kier alpha value is -2.31. The topological polar surface area (TPSA) is 85.8 Å². The molecule has 3 rings (SSSR count). The molecule has 1 fully saturated rings. The third-order valence-corrected chi connectivity index (χ3v) is 3.66. The van der Waals surface area contributed by atoms with Crippen LogP contribution in [0, 0.1) is 0 Å². The quantitative estimate of drug-likeness (QED) is 0.871. The molecular formula is C15H21N5O2. The number of carbonyl (C=O) groups is 1. The van der Waals surface area contributed by atoms with Crippen LogP contribution in [-0.2, 0) is 4.74 Å². The van der Waals surface area contributed by atoms with Gasteiger partial charge in [-0.25, -0.2) is 9.78 Å². The number of ether oxygens (including phenoxy) is 1. The van der Waals surface area contributed by atoms with Crippen molar-refractivity contribution in [3.63, 3.8) is 0 Å². The normalized spacial score (nSPS) is 18.9. The number of fused-ring (bicyclic) bond motifs is 1. The first-order valence-corrected chi connectivity index (χ1v) is 7.41. The summed E-state index contributed by atoms with van der Waals surface area (Å²) in [5, 5.41) is 4.11. The lowest BCUT2D eigenvalue weighted by Gasteiger charge is -2.24. The van der Waals surface area contributed by atoms with Crippen molar-refractivity contribution in [2.24, 2.45) is 0 Å². The fourth-order valence-corrected chi connectivity index (χ4v) is 2.66. The van der Waals surface area contributed by atoms with E-state index in [4.69, 9.17) is 10.5 Å². The van der Waals surface area contributed by atoms with Gasteiger partial charge < -0.3 is 15.4 Å². The molecule has 0 aromatic carbocycles. The predicted octanol–water partition coefficient (Wildman–Crippen LogP) is 2.04. The van der Waals surface area contributed by atoms with Gasteiger partial charge in [0.15, 0.2) is 5.65 Å². The number of carbonyl (C=O) groups excluding carboxylic acids is 1. The zero-order valence-electron chi connectivity index (χ0n) is 13.1. The molecule has 7 heteroatoms. The van der Waals surface area contributed by atoms with E-state index in [-0.39, 0.29) is 12.0 Å². The van der Waals surface area contributed by atoms with E-state index in [9.17, 15) is 4.79 Å². The van der Waals surface area contributed by atoms with Gasteiger partial charge in [0.25, 0.3) is 0 Å². The minimum Gasteiger partial charge on any atom is -0.444 e. The van der Waals surface area contributed by atoms with Crippen molar-refractivity contribution in [2.75, 3.05) is 18.8 Å². The van der Waals surface area contributed by atoms with Gasteiger partial charge >= 0.3 is 6.09 Å². The van der Waals surface area contributed by atoms with E-state index in [1.54, 1.807) is 15.6 Å². The average molecular weight is 303 g/mol. The predicted molar refractivity (Wildman–Crippen MR) is 82.6 cm³/mol. The molecule has 22 heavy (non-hydrogen) atoms. The lowest BCUT2D eigenvalue weighted by atomic mass is 10.0. The van der Waals surface area contributed by atoms with Crippen LogP contribution in [0.4, 0.5) is 10.6 Å². The summed E-state index contributed by atoms with van der Waals surface area (Å²) in [5.41, 5.74) is 7.15. The van der Waals surface area contributed by atoms with Crippen LogP contribution in [0.15, 0.2) is 18.3 Å². The number of amides is 1. The maximum absolute atomic E-state index is 12.1. The van der Waals surface area contributed by atoms with Gasteiger partial charge in [-0.2, -0.15) is 9.61 Å². The second-order valence-corrected chi connectivity index (χ2v) is 6.62.